The summed E-state index contributed by atoms with van der Waals surface area (Å²) < 4.78 is 19.5. The Hall–Kier alpha value is -3.48. The number of nitrogens with zero attached hydrogens (tertiary/aromatic N) is 3. The highest BCUT2D eigenvalue weighted by molar-refractivity contribution is 7.20. The number of hydrogen-bond donors (Lipinski definition) is 1. The zero-order valence-corrected chi connectivity index (χ0v) is 24.4. The molecule has 1 amide bonds. The molecule has 1 saturated heterocycles. The Balaban J connectivity index is 1.99. The Morgan fingerprint density at radius 3 is 2.40 bits per heavy atom. The van der Waals surface area contributed by atoms with Crippen molar-refractivity contribution in [2.45, 2.75) is 58.9 Å². The number of amides is 1. The van der Waals surface area contributed by atoms with Crippen LogP contribution in [0.2, 0.25) is 0 Å². The third-order valence-electron chi connectivity index (χ3n) is 7.06. The number of para-hydroxylation sites is 1. The summed E-state index contributed by atoms with van der Waals surface area (Å²) in [5.74, 6) is -1.04. The molecule has 2 aromatic heterocycles. The molecule has 0 spiro atoms. The van der Waals surface area contributed by atoms with Crippen molar-refractivity contribution in [3.63, 3.8) is 0 Å². The predicted molar refractivity (Wildman–Crippen MR) is 151 cm³/mol. The number of rotatable bonds is 9. The van der Waals surface area contributed by atoms with Gasteiger partial charge < -0.3 is 24.2 Å². The van der Waals surface area contributed by atoms with Crippen LogP contribution in [0.5, 0.6) is 5.75 Å². The Morgan fingerprint density at radius 2 is 1.80 bits per heavy atom. The number of aromatic nitrogens is 2. The van der Waals surface area contributed by atoms with Gasteiger partial charge in [-0.3, -0.25) is 14.2 Å². The van der Waals surface area contributed by atoms with Crippen LogP contribution in [-0.4, -0.2) is 70.5 Å². The maximum absolute atomic E-state index is 14.2. The van der Waals surface area contributed by atoms with Gasteiger partial charge in [0.15, 0.2) is 0 Å². The van der Waals surface area contributed by atoms with E-state index in [0.29, 0.717) is 37.6 Å². The minimum atomic E-state index is -1.56. The van der Waals surface area contributed by atoms with Crippen molar-refractivity contribution in [1.82, 2.24) is 14.0 Å². The number of carboxylic acids is 1. The second kappa shape index (κ2) is 11.6. The third-order valence-corrected chi connectivity index (χ3v) is 8.36. The van der Waals surface area contributed by atoms with Crippen molar-refractivity contribution in [2.75, 3.05) is 33.4 Å². The molecule has 0 saturated carbocycles. The summed E-state index contributed by atoms with van der Waals surface area (Å²) in [6.07, 6.45) is -0.914. The molecule has 1 N–H and O–H groups in total. The Bertz CT molecular complexity index is 1550. The fourth-order valence-electron chi connectivity index (χ4n) is 5.09. The van der Waals surface area contributed by atoms with E-state index in [1.807, 2.05) is 32.0 Å². The van der Waals surface area contributed by atoms with Crippen molar-refractivity contribution >= 4 is 33.4 Å². The fraction of sp³-hybridized carbons (Fsp3) is 0.500. The van der Waals surface area contributed by atoms with Crippen molar-refractivity contribution in [3.8, 4) is 5.75 Å². The first kappa shape index (κ1) is 29.5. The monoisotopic (exact) mass is 573 g/mol. The van der Waals surface area contributed by atoms with Crippen LogP contribution in [0, 0.1) is 6.92 Å². The number of ether oxygens (including phenoxy) is 3. The summed E-state index contributed by atoms with van der Waals surface area (Å²) in [7, 11) is 1.54. The van der Waals surface area contributed by atoms with Gasteiger partial charge in [0.1, 0.15) is 27.1 Å². The van der Waals surface area contributed by atoms with Crippen molar-refractivity contribution in [3.05, 3.63) is 61.1 Å². The topological polar surface area (TPSA) is 129 Å². The van der Waals surface area contributed by atoms with E-state index in [1.54, 1.807) is 17.9 Å². The number of morpholine rings is 1. The number of hydrogen-bond acceptors (Lipinski definition) is 8. The predicted octanol–water partition coefficient (Wildman–Crippen LogP) is 3.00. The van der Waals surface area contributed by atoms with Crippen molar-refractivity contribution in [1.29, 1.82) is 0 Å². The lowest BCUT2D eigenvalue weighted by atomic mass is 10.0. The lowest BCUT2D eigenvalue weighted by Gasteiger charge is -2.35. The first-order chi connectivity index (χ1) is 18.9. The number of aromatic carboxylic acids is 1. The summed E-state index contributed by atoms with van der Waals surface area (Å²) in [4.78, 5) is 55.7. The zero-order valence-electron chi connectivity index (χ0n) is 23.6. The molecule has 11 nitrogen and oxygen atoms in total. The van der Waals surface area contributed by atoms with Crippen LogP contribution in [0.15, 0.2) is 33.9 Å². The molecule has 0 aliphatic carbocycles. The van der Waals surface area contributed by atoms with Crippen LogP contribution in [0.25, 0.3) is 10.2 Å². The molecule has 1 aliphatic heterocycles. The smallest absolute Gasteiger partial charge is 0.346 e. The number of carboxylic acid groups (broad SMARTS) is 1. The highest BCUT2D eigenvalue weighted by Gasteiger charge is 2.39. The summed E-state index contributed by atoms with van der Waals surface area (Å²) in [5, 5.41) is 9.94. The van der Waals surface area contributed by atoms with Crippen molar-refractivity contribution in [2.24, 2.45) is 0 Å². The second-order valence-electron chi connectivity index (χ2n) is 10.5. The molecular formula is C28H35N3O8S. The number of carbonyl (C=O) groups excluding carboxylic acids is 1. The highest BCUT2D eigenvalue weighted by atomic mass is 32.1. The van der Waals surface area contributed by atoms with Gasteiger partial charge in [-0.25, -0.2) is 14.2 Å². The fourth-order valence-corrected chi connectivity index (χ4v) is 6.24. The van der Waals surface area contributed by atoms with E-state index < -0.39 is 34.8 Å². The average molecular weight is 574 g/mol. The van der Waals surface area contributed by atoms with E-state index in [9.17, 15) is 24.3 Å². The van der Waals surface area contributed by atoms with Gasteiger partial charge in [0.25, 0.3) is 5.56 Å². The summed E-state index contributed by atoms with van der Waals surface area (Å²) >= 11 is 0.860. The lowest BCUT2D eigenvalue weighted by Crippen LogP contribution is -2.58. The van der Waals surface area contributed by atoms with E-state index in [-0.39, 0.29) is 33.3 Å². The van der Waals surface area contributed by atoms with Crippen LogP contribution in [0.3, 0.4) is 0 Å². The van der Waals surface area contributed by atoms with Gasteiger partial charge >= 0.3 is 11.7 Å². The Morgan fingerprint density at radius 1 is 1.15 bits per heavy atom. The van der Waals surface area contributed by atoms with Gasteiger partial charge in [0, 0.05) is 18.7 Å². The van der Waals surface area contributed by atoms with Crippen molar-refractivity contribution < 1.29 is 28.9 Å². The highest BCUT2D eigenvalue weighted by Crippen LogP contribution is 2.33. The molecular weight excluding hydrogens is 538 g/mol. The summed E-state index contributed by atoms with van der Waals surface area (Å²) in [6, 6.07) is 7.27. The first-order valence-electron chi connectivity index (χ1n) is 13.1. The van der Waals surface area contributed by atoms with E-state index >= 15 is 0 Å². The molecule has 0 bridgehead atoms. The number of benzene rings is 1. The molecule has 1 aliphatic rings. The Kier molecular flexibility index (Phi) is 8.52. The standard InChI is InChI=1S/C28H35N3O8S/c1-16(2)39-20(18-9-7-8-10-19(18)37-6)15-30-24-21(17(3)22(40-24)25(33)34)23(32)31(27(30)36)28(4,5)26(35)29-11-13-38-14-12-29/h7-10,16,20H,11-15H2,1-6H3,(H,33,34). The molecule has 1 aromatic carbocycles. The number of methoxy groups -OCH3 is 1. The molecule has 4 rings (SSSR count). The van der Waals surface area contributed by atoms with Gasteiger partial charge in [-0.15, -0.1) is 11.3 Å². The average Bonchev–Trinajstić information content (AvgIpc) is 3.27. The Labute approximate surface area is 235 Å². The number of aryl methyl sites for hydroxylation is 1. The molecule has 3 heterocycles. The number of thiophene rings is 1. The molecule has 12 heteroatoms. The van der Waals surface area contributed by atoms with Crippen LogP contribution < -0.4 is 16.0 Å². The van der Waals surface area contributed by atoms with Crippen LogP contribution in [0.1, 0.15) is 54.6 Å². The second-order valence-corrected chi connectivity index (χ2v) is 11.5. The van der Waals surface area contributed by atoms with Crippen LogP contribution >= 0.6 is 11.3 Å². The van der Waals surface area contributed by atoms with Gasteiger partial charge in [-0.2, -0.15) is 0 Å². The minimum absolute atomic E-state index is 0.0466. The van der Waals surface area contributed by atoms with Gasteiger partial charge in [-0.1, -0.05) is 18.2 Å². The van der Waals surface area contributed by atoms with E-state index in [4.69, 9.17) is 14.2 Å². The van der Waals surface area contributed by atoms with E-state index in [2.05, 4.69) is 0 Å². The normalized spacial score (nSPS) is 15.0. The molecule has 0 radical (unpaired) electrons. The SMILES string of the molecule is COc1ccccc1C(Cn1c(=O)n(C(C)(C)C(=O)N2CCOCC2)c(=O)c2c(C)c(C(=O)O)sc21)OC(C)C. The molecule has 40 heavy (non-hydrogen) atoms. The molecule has 3 aromatic rings. The van der Waals surface area contributed by atoms with Crippen LogP contribution in [-0.2, 0) is 26.4 Å². The molecule has 1 atom stereocenters. The van der Waals surface area contributed by atoms with Gasteiger partial charge in [0.05, 0.1) is 38.4 Å². The third kappa shape index (κ3) is 5.30. The molecule has 1 unspecified atom stereocenters. The maximum Gasteiger partial charge on any atom is 0.346 e. The number of carbonyl (C=O) groups is 2. The minimum Gasteiger partial charge on any atom is -0.496 e. The quantitative estimate of drug-likeness (QED) is 0.414. The summed E-state index contributed by atoms with van der Waals surface area (Å²) in [5.41, 5.74) is -2.06. The largest absolute Gasteiger partial charge is 0.496 e. The van der Waals surface area contributed by atoms with Gasteiger partial charge in [0.2, 0.25) is 5.91 Å². The lowest BCUT2D eigenvalue weighted by molar-refractivity contribution is -0.143. The first-order valence-corrected chi connectivity index (χ1v) is 13.9. The molecule has 216 valence electrons. The maximum atomic E-state index is 14.2. The zero-order chi connectivity index (χ0) is 29.4. The summed E-state index contributed by atoms with van der Waals surface area (Å²) in [6.45, 7) is 9.69. The van der Waals surface area contributed by atoms with Gasteiger partial charge in [-0.05, 0) is 46.2 Å². The van der Waals surface area contributed by atoms with E-state index in [1.165, 1.54) is 25.5 Å². The number of fused-ring (bicyclic) bond motifs is 1. The molecule has 1 fully saturated rings. The van der Waals surface area contributed by atoms with Crippen LogP contribution in [0.4, 0.5) is 0 Å². The van der Waals surface area contributed by atoms with E-state index in [0.717, 1.165) is 15.9 Å².